The van der Waals surface area contributed by atoms with E-state index in [9.17, 15) is 14.0 Å². The van der Waals surface area contributed by atoms with E-state index in [0.717, 1.165) is 11.1 Å². The van der Waals surface area contributed by atoms with Gasteiger partial charge in [0.1, 0.15) is 6.61 Å². The van der Waals surface area contributed by atoms with Gasteiger partial charge in [0.15, 0.2) is 11.6 Å². The molecule has 0 aromatic heterocycles. The summed E-state index contributed by atoms with van der Waals surface area (Å²) in [6, 6.07) is 23.0. The number of primary amides is 1. The van der Waals surface area contributed by atoms with Gasteiger partial charge >= 0.3 is 11.8 Å². The van der Waals surface area contributed by atoms with Crippen molar-refractivity contribution in [3.8, 4) is 5.75 Å². The molecule has 3 rings (SSSR count). The molecule has 3 aromatic rings. The number of hydrogen-bond donors (Lipinski definition) is 1. The summed E-state index contributed by atoms with van der Waals surface area (Å²) in [5.74, 6) is -2.55. The molecule has 0 aliphatic rings. The quantitative estimate of drug-likeness (QED) is 0.626. The molecule has 2 N–H and O–H groups in total. The van der Waals surface area contributed by atoms with Crippen molar-refractivity contribution in [3.63, 3.8) is 0 Å². The highest BCUT2D eigenvalue weighted by Gasteiger charge is 2.22. The maximum atomic E-state index is 14.6. The highest BCUT2D eigenvalue weighted by atomic mass is 19.1. The molecule has 0 fully saturated rings. The number of rotatable bonds is 7. The summed E-state index contributed by atoms with van der Waals surface area (Å²) in [4.78, 5) is 24.9. The Balaban J connectivity index is 1.75. The summed E-state index contributed by atoms with van der Waals surface area (Å²) in [6.07, 6.45) is 0.494. The van der Waals surface area contributed by atoms with E-state index in [1.54, 1.807) is 0 Å². The predicted molar refractivity (Wildman–Crippen MR) is 109 cm³/mol. The molecule has 0 unspecified atom stereocenters. The Morgan fingerprint density at radius 1 is 0.897 bits per heavy atom. The fourth-order valence-corrected chi connectivity index (χ4v) is 2.88. The van der Waals surface area contributed by atoms with Crippen LogP contribution in [0.15, 0.2) is 78.9 Å². The zero-order valence-corrected chi connectivity index (χ0v) is 15.8. The molecule has 3 aromatic carbocycles. The normalized spacial score (nSPS) is 10.4. The first kappa shape index (κ1) is 20.1. The predicted octanol–water partition coefficient (Wildman–Crippen LogP) is 3.47. The Morgan fingerprint density at radius 3 is 2.10 bits per heavy atom. The van der Waals surface area contributed by atoms with E-state index in [1.807, 2.05) is 60.7 Å². The highest BCUT2D eigenvalue weighted by Crippen LogP contribution is 2.25. The molecule has 148 valence electrons. The van der Waals surface area contributed by atoms with Crippen molar-refractivity contribution in [2.75, 3.05) is 11.4 Å². The molecule has 0 bridgehead atoms. The molecule has 0 radical (unpaired) electrons. The van der Waals surface area contributed by atoms with Crippen molar-refractivity contribution in [2.24, 2.45) is 5.73 Å². The monoisotopic (exact) mass is 392 g/mol. The summed E-state index contributed by atoms with van der Waals surface area (Å²) < 4.78 is 20.1. The van der Waals surface area contributed by atoms with Crippen LogP contribution in [-0.4, -0.2) is 18.4 Å². The van der Waals surface area contributed by atoms with E-state index in [-0.39, 0.29) is 24.6 Å². The lowest BCUT2D eigenvalue weighted by molar-refractivity contribution is -0.135. The Labute approximate surface area is 168 Å². The first-order chi connectivity index (χ1) is 14.0. The van der Waals surface area contributed by atoms with Gasteiger partial charge in [-0.1, -0.05) is 60.7 Å². The molecule has 6 heteroatoms. The zero-order chi connectivity index (χ0) is 20.6. The summed E-state index contributed by atoms with van der Waals surface area (Å²) in [5, 5.41) is 0. The minimum absolute atomic E-state index is 0.0622. The minimum Gasteiger partial charge on any atom is -0.486 e. The summed E-state index contributed by atoms with van der Waals surface area (Å²) in [6.45, 7) is 0.407. The number of hydrogen-bond acceptors (Lipinski definition) is 3. The van der Waals surface area contributed by atoms with Gasteiger partial charge in [0.25, 0.3) is 0 Å². The molecule has 5 nitrogen and oxygen atoms in total. The lowest BCUT2D eigenvalue weighted by Gasteiger charge is -2.22. The first-order valence-corrected chi connectivity index (χ1v) is 9.16. The van der Waals surface area contributed by atoms with Crippen LogP contribution in [0.4, 0.5) is 10.1 Å². The van der Waals surface area contributed by atoms with Gasteiger partial charge in [-0.05, 0) is 29.7 Å². The average molecular weight is 392 g/mol. The third-order valence-electron chi connectivity index (χ3n) is 4.39. The first-order valence-electron chi connectivity index (χ1n) is 9.16. The number of nitrogens with zero attached hydrogens (tertiary/aromatic N) is 1. The maximum absolute atomic E-state index is 14.6. The van der Waals surface area contributed by atoms with Gasteiger partial charge in [-0.15, -0.1) is 0 Å². The Kier molecular flexibility index (Phi) is 6.58. The molecule has 0 aliphatic carbocycles. The van der Waals surface area contributed by atoms with E-state index >= 15 is 0 Å². The number of carbonyl (C=O) groups is 2. The van der Waals surface area contributed by atoms with E-state index in [4.69, 9.17) is 10.5 Å². The zero-order valence-electron chi connectivity index (χ0n) is 15.8. The van der Waals surface area contributed by atoms with Crippen LogP contribution in [0.2, 0.25) is 0 Å². The second-order valence-corrected chi connectivity index (χ2v) is 6.45. The van der Waals surface area contributed by atoms with E-state index < -0.39 is 17.6 Å². The number of carbonyl (C=O) groups excluding carboxylic acids is 2. The Bertz CT molecular complexity index is 978. The van der Waals surface area contributed by atoms with E-state index in [2.05, 4.69) is 0 Å². The smallest absolute Gasteiger partial charge is 0.316 e. The lowest BCUT2D eigenvalue weighted by Crippen LogP contribution is -2.41. The molecule has 0 aliphatic heterocycles. The summed E-state index contributed by atoms with van der Waals surface area (Å²) >= 11 is 0. The van der Waals surface area contributed by atoms with Crippen molar-refractivity contribution in [3.05, 3.63) is 95.8 Å². The SMILES string of the molecule is NC(=O)C(=O)N(CCc1ccccc1)c1ccc(OCc2ccccc2)c(F)c1. The molecular formula is C23H21FN2O3. The summed E-state index contributed by atoms with van der Waals surface area (Å²) in [7, 11) is 0. The summed E-state index contributed by atoms with van der Waals surface area (Å²) in [5.41, 5.74) is 7.31. The Hall–Kier alpha value is -3.67. The molecule has 0 spiro atoms. The van der Waals surface area contributed by atoms with Crippen molar-refractivity contribution < 1.29 is 18.7 Å². The van der Waals surface area contributed by atoms with Gasteiger partial charge in [-0.3, -0.25) is 9.59 Å². The largest absolute Gasteiger partial charge is 0.486 e. The van der Waals surface area contributed by atoms with E-state index in [1.165, 1.54) is 23.1 Å². The number of anilines is 1. The fraction of sp³-hybridized carbons (Fsp3) is 0.130. The van der Waals surface area contributed by atoms with Crippen molar-refractivity contribution >= 4 is 17.5 Å². The number of ether oxygens (including phenoxy) is 1. The molecule has 29 heavy (non-hydrogen) atoms. The van der Waals surface area contributed by atoms with Crippen LogP contribution < -0.4 is 15.4 Å². The van der Waals surface area contributed by atoms with Crippen LogP contribution in [0.3, 0.4) is 0 Å². The topological polar surface area (TPSA) is 72.6 Å². The highest BCUT2D eigenvalue weighted by molar-refractivity contribution is 6.39. The number of nitrogens with two attached hydrogens (primary N) is 1. The molecule has 0 saturated carbocycles. The van der Waals surface area contributed by atoms with Crippen molar-refractivity contribution in [2.45, 2.75) is 13.0 Å². The van der Waals surface area contributed by atoms with Gasteiger partial charge in [-0.2, -0.15) is 0 Å². The van der Waals surface area contributed by atoms with Gasteiger partial charge in [0.05, 0.1) is 0 Å². The third-order valence-corrected chi connectivity index (χ3v) is 4.39. The molecule has 0 saturated heterocycles. The number of amides is 2. The van der Waals surface area contributed by atoms with Crippen molar-refractivity contribution in [1.29, 1.82) is 0 Å². The minimum atomic E-state index is -1.09. The third kappa shape index (κ3) is 5.42. The van der Waals surface area contributed by atoms with Gasteiger partial charge in [0, 0.05) is 18.3 Å². The van der Waals surface area contributed by atoms with Crippen LogP contribution >= 0.6 is 0 Å². The van der Waals surface area contributed by atoms with Crippen LogP contribution in [0.5, 0.6) is 5.75 Å². The second-order valence-electron chi connectivity index (χ2n) is 6.45. The van der Waals surface area contributed by atoms with Crippen LogP contribution in [0, 0.1) is 5.82 Å². The molecule has 2 amide bonds. The molecule has 0 heterocycles. The lowest BCUT2D eigenvalue weighted by atomic mass is 10.1. The molecule has 0 atom stereocenters. The maximum Gasteiger partial charge on any atom is 0.316 e. The van der Waals surface area contributed by atoms with Crippen LogP contribution in [-0.2, 0) is 22.6 Å². The number of halogens is 1. The van der Waals surface area contributed by atoms with E-state index in [0.29, 0.717) is 6.42 Å². The van der Waals surface area contributed by atoms with Crippen LogP contribution in [0.25, 0.3) is 0 Å². The van der Waals surface area contributed by atoms with Gasteiger partial charge in [-0.25, -0.2) is 4.39 Å². The van der Waals surface area contributed by atoms with Gasteiger partial charge < -0.3 is 15.4 Å². The molecular weight excluding hydrogens is 371 g/mol. The average Bonchev–Trinajstić information content (AvgIpc) is 2.74. The van der Waals surface area contributed by atoms with Crippen LogP contribution in [0.1, 0.15) is 11.1 Å². The Morgan fingerprint density at radius 2 is 1.52 bits per heavy atom. The second kappa shape index (κ2) is 9.50. The fourth-order valence-electron chi connectivity index (χ4n) is 2.88. The van der Waals surface area contributed by atoms with Crippen molar-refractivity contribution in [1.82, 2.24) is 0 Å². The standard InChI is InChI=1S/C23H21FN2O3/c24-20-15-19(11-12-21(20)29-16-18-9-5-2-6-10-18)26(23(28)22(25)27)14-13-17-7-3-1-4-8-17/h1-12,15H,13-14,16H2,(H2,25,27). The number of benzene rings is 3. The van der Waals surface area contributed by atoms with Gasteiger partial charge in [0.2, 0.25) is 0 Å².